The molecule has 2 aromatic rings. The smallest absolute Gasteiger partial charge is 0.146 e. The van der Waals surface area contributed by atoms with Crippen molar-refractivity contribution in [2.45, 2.75) is 12.3 Å². The zero-order chi connectivity index (χ0) is 12.5. The highest BCUT2D eigenvalue weighted by Gasteiger charge is 2.21. The molecule has 1 nitrogen and oxygen atoms in total. The van der Waals surface area contributed by atoms with Gasteiger partial charge in [-0.15, -0.1) is 0 Å². The minimum atomic E-state index is -0.228. The van der Waals surface area contributed by atoms with E-state index in [1.807, 2.05) is 6.07 Å². The summed E-state index contributed by atoms with van der Waals surface area (Å²) in [6.07, 6.45) is 0.783. The molecule has 1 N–H and O–H groups in total. The first-order valence-electron chi connectivity index (χ1n) is 6.01. The minimum Gasteiger partial charge on any atom is -0.382 e. The Kier molecular flexibility index (Phi) is 2.74. The van der Waals surface area contributed by atoms with Crippen molar-refractivity contribution in [3.63, 3.8) is 0 Å². The van der Waals surface area contributed by atoms with Crippen molar-refractivity contribution in [3.8, 4) is 0 Å². The van der Waals surface area contributed by atoms with Crippen molar-refractivity contribution in [2.75, 3.05) is 11.9 Å². The molecule has 0 bridgehead atoms. The van der Waals surface area contributed by atoms with Gasteiger partial charge in [-0.1, -0.05) is 24.3 Å². The van der Waals surface area contributed by atoms with Crippen LogP contribution in [0.3, 0.4) is 0 Å². The maximum Gasteiger partial charge on any atom is 0.146 e. The number of nitrogens with one attached hydrogen (secondary N) is 1. The molecule has 0 radical (unpaired) electrons. The minimum absolute atomic E-state index is 0.204. The number of fused-ring (bicyclic) bond motifs is 1. The third-order valence-corrected chi connectivity index (χ3v) is 3.43. The Morgan fingerprint density at radius 3 is 2.56 bits per heavy atom. The molecule has 1 unspecified atom stereocenters. The van der Waals surface area contributed by atoms with E-state index in [9.17, 15) is 8.78 Å². The number of anilines is 1. The molecule has 0 saturated carbocycles. The monoisotopic (exact) mass is 245 g/mol. The van der Waals surface area contributed by atoms with E-state index < -0.39 is 0 Å². The second-order valence-electron chi connectivity index (χ2n) is 4.61. The molecule has 3 rings (SSSR count). The standard InChI is InChI=1S/C15H13F2N/c16-13-6-4-10(5-7-13)12-8-11-2-1-3-14(17)15(11)18-9-12/h1-7,12,18H,8-9H2. The van der Waals surface area contributed by atoms with Crippen molar-refractivity contribution >= 4 is 5.69 Å². The Morgan fingerprint density at radius 2 is 1.78 bits per heavy atom. The molecule has 3 heteroatoms. The van der Waals surface area contributed by atoms with Gasteiger partial charge in [-0.3, -0.25) is 0 Å². The van der Waals surface area contributed by atoms with E-state index in [0.717, 1.165) is 17.5 Å². The van der Waals surface area contributed by atoms with Crippen LogP contribution in [0.15, 0.2) is 42.5 Å². The van der Waals surface area contributed by atoms with Crippen molar-refractivity contribution in [1.82, 2.24) is 0 Å². The average molecular weight is 245 g/mol. The fraction of sp³-hybridized carbons (Fsp3) is 0.200. The van der Waals surface area contributed by atoms with Crippen molar-refractivity contribution in [3.05, 3.63) is 65.2 Å². The summed E-state index contributed by atoms with van der Waals surface area (Å²) in [5.41, 5.74) is 2.67. The van der Waals surface area contributed by atoms with Crippen molar-refractivity contribution in [2.24, 2.45) is 0 Å². The number of hydrogen-bond donors (Lipinski definition) is 1. The van der Waals surface area contributed by atoms with Gasteiger partial charge in [-0.25, -0.2) is 8.78 Å². The largest absolute Gasteiger partial charge is 0.382 e. The molecule has 92 valence electrons. The Bertz CT molecular complexity index is 563. The first kappa shape index (κ1) is 11.2. The molecule has 1 aliphatic heterocycles. The van der Waals surface area contributed by atoms with Gasteiger partial charge in [0.1, 0.15) is 11.6 Å². The first-order valence-corrected chi connectivity index (χ1v) is 6.01. The van der Waals surface area contributed by atoms with Gasteiger partial charge in [-0.05, 0) is 35.7 Å². The van der Waals surface area contributed by atoms with Crippen LogP contribution < -0.4 is 5.32 Å². The summed E-state index contributed by atoms with van der Waals surface area (Å²) in [6.45, 7) is 0.680. The van der Waals surface area contributed by atoms with Crippen LogP contribution in [-0.2, 0) is 6.42 Å². The number of rotatable bonds is 1. The second-order valence-corrected chi connectivity index (χ2v) is 4.61. The SMILES string of the molecule is Fc1ccc(C2CNc3c(F)cccc3C2)cc1. The molecule has 2 aromatic carbocycles. The Morgan fingerprint density at radius 1 is 1.00 bits per heavy atom. The molecule has 1 atom stereocenters. The van der Waals surface area contributed by atoms with Gasteiger partial charge in [0, 0.05) is 12.5 Å². The maximum atomic E-state index is 13.5. The molecule has 0 saturated heterocycles. The van der Waals surface area contributed by atoms with Crippen LogP contribution in [0.1, 0.15) is 17.0 Å². The second kappa shape index (κ2) is 4.41. The fourth-order valence-electron chi connectivity index (χ4n) is 2.47. The van der Waals surface area contributed by atoms with E-state index in [1.54, 1.807) is 18.2 Å². The summed E-state index contributed by atoms with van der Waals surface area (Å²) in [7, 11) is 0. The Labute approximate surface area is 104 Å². The number of hydrogen-bond acceptors (Lipinski definition) is 1. The quantitative estimate of drug-likeness (QED) is 0.807. The molecule has 0 aliphatic carbocycles. The first-order chi connectivity index (χ1) is 8.74. The lowest BCUT2D eigenvalue weighted by atomic mass is 9.88. The fourth-order valence-corrected chi connectivity index (χ4v) is 2.47. The highest BCUT2D eigenvalue weighted by atomic mass is 19.1. The summed E-state index contributed by atoms with van der Waals surface area (Å²) in [5.74, 6) is -0.168. The summed E-state index contributed by atoms with van der Waals surface area (Å²) >= 11 is 0. The van der Waals surface area contributed by atoms with Crippen LogP contribution in [0.2, 0.25) is 0 Å². The predicted molar refractivity (Wildman–Crippen MR) is 67.7 cm³/mol. The molecule has 0 aromatic heterocycles. The van der Waals surface area contributed by atoms with Crippen LogP contribution in [0.4, 0.5) is 14.5 Å². The molecule has 18 heavy (non-hydrogen) atoms. The van der Waals surface area contributed by atoms with E-state index in [4.69, 9.17) is 0 Å². The van der Waals surface area contributed by atoms with Gasteiger partial charge in [0.25, 0.3) is 0 Å². The number of benzene rings is 2. The lowest BCUT2D eigenvalue weighted by Crippen LogP contribution is -2.22. The van der Waals surface area contributed by atoms with E-state index in [-0.39, 0.29) is 17.6 Å². The van der Waals surface area contributed by atoms with Gasteiger partial charge in [0.2, 0.25) is 0 Å². The number of halogens is 2. The zero-order valence-corrected chi connectivity index (χ0v) is 9.79. The van der Waals surface area contributed by atoms with Crippen LogP contribution in [0.5, 0.6) is 0 Å². The van der Waals surface area contributed by atoms with Gasteiger partial charge in [0.15, 0.2) is 0 Å². The van der Waals surface area contributed by atoms with E-state index >= 15 is 0 Å². The molecular weight excluding hydrogens is 232 g/mol. The molecule has 0 fully saturated rings. The highest BCUT2D eigenvalue weighted by Crippen LogP contribution is 2.32. The van der Waals surface area contributed by atoms with Crippen LogP contribution in [-0.4, -0.2) is 6.54 Å². The normalized spacial score (nSPS) is 18.0. The predicted octanol–water partition coefficient (Wildman–Crippen LogP) is 3.72. The molecule has 0 spiro atoms. The topological polar surface area (TPSA) is 12.0 Å². The molecule has 1 heterocycles. The highest BCUT2D eigenvalue weighted by molar-refractivity contribution is 5.55. The summed E-state index contributed by atoms with van der Waals surface area (Å²) in [4.78, 5) is 0. The molecule has 1 aliphatic rings. The van der Waals surface area contributed by atoms with Crippen LogP contribution in [0.25, 0.3) is 0 Å². The number of para-hydroxylation sites is 1. The average Bonchev–Trinajstić information content (AvgIpc) is 2.39. The van der Waals surface area contributed by atoms with E-state index in [2.05, 4.69) is 5.32 Å². The van der Waals surface area contributed by atoms with Crippen molar-refractivity contribution in [1.29, 1.82) is 0 Å². The molecule has 0 amide bonds. The summed E-state index contributed by atoms with van der Waals surface area (Å²) in [5, 5.41) is 3.13. The van der Waals surface area contributed by atoms with Gasteiger partial charge < -0.3 is 5.32 Å². The lowest BCUT2D eigenvalue weighted by Gasteiger charge is -2.26. The Balaban J connectivity index is 1.89. The van der Waals surface area contributed by atoms with Gasteiger partial charge in [-0.2, -0.15) is 0 Å². The maximum absolute atomic E-state index is 13.5. The summed E-state index contributed by atoms with van der Waals surface area (Å²) in [6, 6.07) is 11.7. The summed E-state index contributed by atoms with van der Waals surface area (Å²) < 4.78 is 26.4. The van der Waals surface area contributed by atoms with Crippen molar-refractivity contribution < 1.29 is 8.78 Å². The third kappa shape index (κ3) is 1.96. The third-order valence-electron chi connectivity index (χ3n) is 3.43. The van der Waals surface area contributed by atoms with Crippen LogP contribution in [0, 0.1) is 11.6 Å². The molecular formula is C15H13F2N. The lowest BCUT2D eigenvalue weighted by molar-refractivity contribution is 0.609. The van der Waals surface area contributed by atoms with E-state index in [1.165, 1.54) is 18.2 Å². The zero-order valence-electron chi connectivity index (χ0n) is 9.79. The van der Waals surface area contributed by atoms with Crippen LogP contribution >= 0.6 is 0 Å². The van der Waals surface area contributed by atoms with E-state index in [0.29, 0.717) is 12.2 Å². The Hall–Kier alpha value is -1.90. The van der Waals surface area contributed by atoms with Gasteiger partial charge >= 0.3 is 0 Å². The van der Waals surface area contributed by atoms with Gasteiger partial charge in [0.05, 0.1) is 5.69 Å².